The Bertz CT molecular complexity index is 1380. The molecule has 2 saturated carbocycles. The second kappa shape index (κ2) is 12.9. The molecule has 5 atom stereocenters. The van der Waals surface area contributed by atoms with Gasteiger partial charge in [-0.2, -0.15) is 0 Å². The fraction of sp³-hybridized carbons (Fsp3) is 0.618. The summed E-state index contributed by atoms with van der Waals surface area (Å²) in [5.41, 5.74) is -1.21. The molecule has 45 heavy (non-hydrogen) atoms. The molecule has 4 aliphatic rings. The largest absolute Gasteiger partial charge is 0.464 e. The number of primary amides is 1. The number of methoxy groups -OCH3 is 1. The van der Waals surface area contributed by atoms with Crippen LogP contribution >= 0.6 is 11.6 Å². The van der Waals surface area contributed by atoms with E-state index in [1.54, 1.807) is 18.2 Å². The number of nitrogens with two attached hydrogens (primary N) is 1. The number of nitrogens with zero attached hydrogens (tertiary/aromatic N) is 2. The van der Waals surface area contributed by atoms with Crippen LogP contribution in [0.15, 0.2) is 42.1 Å². The lowest BCUT2D eigenvalue weighted by Gasteiger charge is -2.35. The highest BCUT2D eigenvalue weighted by molar-refractivity contribution is 6.31. The lowest BCUT2D eigenvalue weighted by Crippen LogP contribution is -3.00. The van der Waals surface area contributed by atoms with E-state index in [0.717, 1.165) is 31.2 Å². The zero-order valence-electron chi connectivity index (χ0n) is 26.8. The van der Waals surface area contributed by atoms with E-state index in [-0.39, 0.29) is 36.6 Å². The molecular weight excluding hydrogens is 596 g/mol. The number of esters is 1. The number of halogens is 1. The standard InChI is InChI=1S/C34H45ClN4O6/c1-6-23-17-34(23,31(43)44-5)37-29(41)26-19-33(18-25(38-45-33)22-13-10-14-24(35)16-22)20-39(26)30(42)28(32(2,3)4)36-27(40)15-21-11-8-7-9-12-21/h6,10,13-14,16,21,23,26,28H,1,7-9,11-12,15,17-20H2,2-5H3,(H,36,40)(H,37,41)/p+1/t23-,26+,28-,33-,34-/m1/s1. The van der Waals surface area contributed by atoms with Crippen LogP contribution in [0.1, 0.15) is 84.1 Å². The van der Waals surface area contributed by atoms with Gasteiger partial charge in [0.25, 0.3) is 0 Å². The van der Waals surface area contributed by atoms with E-state index >= 15 is 0 Å². The van der Waals surface area contributed by atoms with Crippen LogP contribution in [0.5, 0.6) is 0 Å². The van der Waals surface area contributed by atoms with Crippen LogP contribution in [0.25, 0.3) is 0 Å². The predicted molar refractivity (Wildman–Crippen MR) is 169 cm³/mol. The number of carbonyl (C=O) groups is 4. The van der Waals surface area contributed by atoms with Gasteiger partial charge >= 0.3 is 11.9 Å². The van der Waals surface area contributed by atoms with Crippen molar-refractivity contribution in [2.45, 2.75) is 102 Å². The van der Waals surface area contributed by atoms with E-state index in [1.807, 2.05) is 32.9 Å². The van der Waals surface area contributed by atoms with Crippen LogP contribution in [0, 0.1) is 17.3 Å². The van der Waals surface area contributed by atoms with Gasteiger partial charge in [0.15, 0.2) is 11.6 Å². The molecule has 0 aromatic heterocycles. The summed E-state index contributed by atoms with van der Waals surface area (Å²) in [6.45, 7) is 9.63. The van der Waals surface area contributed by atoms with Crippen molar-refractivity contribution in [3.8, 4) is 0 Å². The summed E-state index contributed by atoms with van der Waals surface area (Å²) in [5.74, 6) is -1.29. The summed E-state index contributed by atoms with van der Waals surface area (Å²) < 4.78 is 5.05. The topological polar surface area (TPSA) is 131 Å². The minimum absolute atomic E-state index is 0.102. The highest BCUT2D eigenvalue weighted by Crippen LogP contribution is 2.43. The molecule has 1 aromatic carbocycles. The predicted octanol–water partition coefficient (Wildman–Crippen LogP) is 3.51. The Morgan fingerprint density at radius 2 is 1.96 bits per heavy atom. The molecule has 2 heterocycles. The quantitative estimate of drug-likeness (QED) is 0.314. The van der Waals surface area contributed by atoms with Gasteiger partial charge in [-0.25, -0.2) is 9.59 Å². The number of hydrogen-bond donors (Lipinski definition) is 2. The first-order valence-corrected chi connectivity index (χ1v) is 16.4. The summed E-state index contributed by atoms with van der Waals surface area (Å²) in [5, 5.41) is 9.39. The Morgan fingerprint density at radius 3 is 2.58 bits per heavy atom. The summed E-state index contributed by atoms with van der Waals surface area (Å²) in [6, 6.07) is 5.51. The maximum absolute atomic E-state index is 14.5. The average molecular weight is 642 g/mol. The van der Waals surface area contributed by atoms with Crippen LogP contribution in [-0.4, -0.2) is 71.2 Å². The van der Waals surface area contributed by atoms with Crippen molar-refractivity contribution in [2.24, 2.45) is 22.4 Å². The van der Waals surface area contributed by atoms with Gasteiger partial charge in [-0.3, -0.25) is 14.9 Å². The molecule has 244 valence electrons. The molecule has 0 bridgehead atoms. The fourth-order valence-corrected chi connectivity index (χ4v) is 7.45. The second-order valence-electron chi connectivity index (χ2n) is 14.4. The van der Waals surface area contributed by atoms with Crippen molar-refractivity contribution in [2.75, 3.05) is 13.7 Å². The van der Waals surface area contributed by atoms with Crippen molar-refractivity contribution in [1.29, 1.82) is 0 Å². The molecule has 5 rings (SSSR count). The van der Waals surface area contributed by atoms with Crippen molar-refractivity contribution >= 4 is 41.0 Å². The Labute approximate surface area is 270 Å². The van der Waals surface area contributed by atoms with E-state index in [9.17, 15) is 19.2 Å². The van der Waals surface area contributed by atoms with E-state index in [2.05, 4.69) is 17.1 Å². The molecule has 1 saturated heterocycles. The van der Waals surface area contributed by atoms with Crippen molar-refractivity contribution in [3.63, 3.8) is 0 Å². The summed E-state index contributed by atoms with van der Waals surface area (Å²) in [6.07, 6.45) is 8.47. The van der Waals surface area contributed by atoms with E-state index in [0.29, 0.717) is 35.9 Å². The van der Waals surface area contributed by atoms with Gasteiger partial charge in [0, 0.05) is 42.2 Å². The first kappa shape index (κ1) is 33.1. The molecule has 3 amide bonds. The van der Waals surface area contributed by atoms with Gasteiger partial charge in [0.1, 0.15) is 6.04 Å². The zero-order valence-corrected chi connectivity index (χ0v) is 27.5. The number of amides is 3. The number of quaternary nitrogens is 1. The Morgan fingerprint density at radius 1 is 1.22 bits per heavy atom. The van der Waals surface area contributed by atoms with Gasteiger partial charge in [-0.1, -0.05) is 75.0 Å². The number of rotatable bonds is 9. The van der Waals surface area contributed by atoms with Crippen molar-refractivity contribution < 1.29 is 34.1 Å². The fourth-order valence-electron chi connectivity index (χ4n) is 7.26. The van der Waals surface area contributed by atoms with Crippen LogP contribution in [-0.2, 0) is 28.8 Å². The normalized spacial score (nSPS) is 28.6. The third-order valence-electron chi connectivity index (χ3n) is 9.93. The molecule has 2 aliphatic carbocycles. The van der Waals surface area contributed by atoms with Gasteiger partial charge in [0.05, 0.1) is 19.4 Å². The van der Waals surface area contributed by atoms with E-state index in [1.165, 1.54) is 23.7 Å². The summed E-state index contributed by atoms with van der Waals surface area (Å²) in [7, 11) is 1.30. The van der Waals surface area contributed by atoms with E-state index < -0.39 is 34.6 Å². The highest BCUT2D eigenvalue weighted by Gasteiger charge is 2.67. The molecule has 3 fully saturated rings. The molecule has 3 N–H and O–H groups in total. The van der Waals surface area contributed by atoms with Gasteiger partial charge < -0.3 is 19.8 Å². The van der Waals surface area contributed by atoms with E-state index in [4.69, 9.17) is 21.2 Å². The molecule has 2 aliphatic heterocycles. The molecule has 1 aromatic rings. The molecular formula is C34H46ClN4O6+. The molecule has 10 nitrogen and oxygen atoms in total. The highest BCUT2D eigenvalue weighted by atomic mass is 35.5. The monoisotopic (exact) mass is 641 g/mol. The minimum atomic E-state index is -1.10. The molecule has 11 heteroatoms. The Kier molecular flexibility index (Phi) is 9.48. The molecule has 1 spiro atoms. The van der Waals surface area contributed by atoms with Gasteiger partial charge in [-0.05, 0) is 36.3 Å². The third kappa shape index (κ3) is 6.97. The SMILES string of the molecule is C=C[C@@H]1C[C@]1([NH2+]C(=O)[C@@H]1C[C@]2(CC(c3cccc(Cl)c3)=NO2)CN1C(=O)[C@@H](NC(=O)CC1CCCCC1)C(C)(C)C)C(=O)OC. The lowest BCUT2D eigenvalue weighted by molar-refractivity contribution is -0.612. The second-order valence-corrected chi connectivity index (χ2v) is 14.8. The maximum Gasteiger partial charge on any atom is 0.368 e. The number of nitrogens with one attached hydrogen (secondary N) is 1. The zero-order chi connectivity index (χ0) is 32.6. The van der Waals surface area contributed by atoms with Crippen LogP contribution < -0.4 is 10.6 Å². The van der Waals surface area contributed by atoms with Gasteiger partial charge in [0.2, 0.25) is 17.4 Å². The number of oxime groups is 1. The van der Waals surface area contributed by atoms with Crippen LogP contribution in [0.3, 0.4) is 0 Å². The first-order valence-electron chi connectivity index (χ1n) is 16.0. The third-order valence-corrected chi connectivity index (χ3v) is 10.2. The van der Waals surface area contributed by atoms with Crippen molar-refractivity contribution in [1.82, 2.24) is 10.2 Å². The molecule has 0 radical (unpaired) electrons. The van der Waals surface area contributed by atoms with Gasteiger partial charge in [-0.15, -0.1) is 6.58 Å². The first-order chi connectivity index (χ1) is 21.3. The lowest BCUT2D eigenvalue weighted by atomic mass is 9.84. The molecule has 0 unspecified atom stereocenters. The number of carbonyl (C=O) groups excluding carboxylic acids is 4. The maximum atomic E-state index is 14.5. The number of ether oxygens (including phenoxy) is 1. The smallest absolute Gasteiger partial charge is 0.368 e. The average Bonchev–Trinajstić information content (AvgIpc) is 3.36. The summed E-state index contributed by atoms with van der Waals surface area (Å²) in [4.78, 5) is 62.3. The number of likely N-dealkylation sites (tertiary alicyclic amines) is 1. The van der Waals surface area contributed by atoms with Crippen LogP contribution in [0.2, 0.25) is 5.02 Å². The number of hydrogen-bond acceptors (Lipinski definition) is 7. The number of benzene rings is 1. The van der Waals surface area contributed by atoms with Crippen LogP contribution in [0.4, 0.5) is 0 Å². The van der Waals surface area contributed by atoms with Crippen molar-refractivity contribution in [3.05, 3.63) is 47.5 Å². The summed E-state index contributed by atoms with van der Waals surface area (Å²) >= 11 is 6.24. The Hall–Kier alpha value is -3.24. The minimum Gasteiger partial charge on any atom is -0.464 e. The Balaban J connectivity index is 1.40.